The molecule has 72 valence electrons. The van der Waals surface area contributed by atoms with Gasteiger partial charge in [-0.2, -0.15) is 0 Å². The third-order valence-corrected chi connectivity index (χ3v) is 2.24. The van der Waals surface area contributed by atoms with E-state index in [-0.39, 0.29) is 11.8 Å². The maximum atomic E-state index is 11.4. The molecule has 0 aliphatic carbocycles. The van der Waals surface area contributed by atoms with Crippen molar-refractivity contribution in [3.63, 3.8) is 0 Å². The average Bonchev–Trinajstić information content (AvgIpc) is 2.57. The van der Waals surface area contributed by atoms with Crippen LogP contribution in [0.4, 0.5) is 5.13 Å². The number of hydrogen-bond donors (Lipinski definition) is 2. The first kappa shape index (κ1) is 10.1. The lowest BCUT2D eigenvalue weighted by Crippen LogP contribution is -2.22. The zero-order valence-corrected chi connectivity index (χ0v) is 8.17. The average molecular weight is 200 g/mol. The molecule has 0 saturated carbocycles. The summed E-state index contributed by atoms with van der Waals surface area (Å²) < 4.78 is 0. The number of nitrogens with two attached hydrogens (primary N) is 1. The van der Waals surface area contributed by atoms with Crippen LogP contribution in [0.2, 0.25) is 0 Å². The van der Waals surface area contributed by atoms with Crippen LogP contribution in [0.15, 0.2) is 5.51 Å². The second-order valence-corrected chi connectivity index (χ2v) is 3.54. The van der Waals surface area contributed by atoms with Crippen molar-refractivity contribution < 1.29 is 4.79 Å². The van der Waals surface area contributed by atoms with Crippen LogP contribution in [-0.2, 0) is 4.79 Å². The van der Waals surface area contributed by atoms with E-state index in [1.807, 2.05) is 6.92 Å². The molecule has 1 rings (SSSR count). The molecule has 3 N–H and O–H groups in total. The lowest BCUT2D eigenvalue weighted by atomic mass is 10.1. The van der Waals surface area contributed by atoms with Crippen molar-refractivity contribution in [1.29, 1.82) is 0 Å². The summed E-state index contributed by atoms with van der Waals surface area (Å²) in [5.74, 6) is -0.129. The molecule has 0 saturated heterocycles. The molecular weight excluding hydrogens is 188 g/mol. The van der Waals surface area contributed by atoms with E-state index < -0.39 is 0 Å². The number of anilines is 1. The molecule has 1 heterocycles. The van der Waals surface area contributed by atoms with Crippen LogP contribution < -0.4 is 11.1 Å². The fourth-order valence-electron chi connectivity index (χ4n) is 0.837. The lowest BCUT2D eigenvalue weighted by Gasteiger charge is -2.07. The SMILES string of the molecule is CC(CCN)C(=O)Nc1nncs1. The summed E-state index contributed by atoms with van der Waals surface area (Å²) in [5.41, 5.74) is 6.91. The van der Waals surface area contributed by atoms with E-state index >= 15 is 0 Å². The summed E-state index contributed by atoms with van der Waals surface area (Å²) in [5, 5.41) is 10.5. The van der Waals surface area contributed by atoms with Crippen molar-refractivity contribution in [1.82, 2.24) is 10.2 Å². The number of rotatable bonds is 4. The minimum absolute atomic E-state index is 0.0535. The standard InChI is InChI=1S/C7H12N4OS/c1-5(2-3-8)6(12)10-7-11-9-4-13-7/h4-5H,2-3,8H2,1H3,(H,10,11,12). The molecule has 0 fully saturated rings. The Hall–Kier alpha value is -1.01. The predicted molar refractivity (Wildman–Crippen MR) is 51.4 cm³/mol. The van der Waals surface area contributed by atoms with Crippen molar-refractivity contribution in [2.45, 2.75) is 13.3 Å². The molecule has 0 spiro atoms. The summed E-state index contributed by atoms with van der Waals surface area (Å²) in [6.07, 6.45) is 0.685. The highest BCUT2D eigenvalue weighted by molar-refractivity contribution is 7.13. The van der Waals surface area contributed by atoms with Crippen molar-refractivity contribution in [2.24, 2.45) is 11.7 Å². The monoisotopic (exact) mass is 200 g/mol. The van der Waals surface area contributed by atoms with Gasteiger partial charge in [0.25, 0.3) is 0 Å². The second-order valence-electron chi connectivity index (χ2n) is 2.71. The summed E-state index contributed by atoms with van der Waals surface area (Å²) in [7, 11) is 0. The van der Waals surface area contributed by atoms with E-state index in [1.165, 1.54) is 11.3 Å². The third-order valence-electron chi connectivity index (χ3n) is 1.64. The maximum Gasteiger partial charge on any atom is 0.229 e. The first-order valence-corrected chi connectivity index (χ1v) is 4.89. The number of nitrogens with zero attached hydrogens (tertiary/aromatic N) is 2. The first-order valence-electron chi connectivity index (χ1n) is 4.01. The molecule has 0 aromatic carbocycles. The fraction of sp³-hybridized carbons (Fsp3) is 0.571. The topological polar surface area (TPSA) is 80.9 Å². The van der Waals surface area contributed by atoms with Gasteiger partial charge in [0.2, 0.25) is 11.0 Å². The molecule has 1 atom stereocenters. The first-order chi connectivity index (χ1) is 6.24. The number of nitrogens with one attached hydrogen (secondary N) is 1. The Morgan fingerprint density at radius 1 is 1.85 bits per heavy atom. The molecule has 1 amide bonds. The van der Waals surface area contributed by atoms with Gasteiger partial charge in [-0.1, -0.05) is 18.3 Å². The Morgan fingerprint density at radius 3 is 3.15 bits per heavy atom. The minimum Gasteiger partial charge on any atom is -0.330 e. The molecule has 1 aromatic rings. The lowest BCUT2D eigenvalue weighted by molar-refractivity contribution is -0.119. The van der Waals surface area contributed by atoms with Crippen LogP contribution in [-0.4, -0.2) is 22.6 Å². The Kier molecular flexibility index (Phi) is 3.78. The van der Waals surface area contributed by atoms with Crippen LogP contribution in [0.25, 0.3) is 0 Å². The van der Waals surface area contributed by atoms with E-state index in [4.69, 9.17) is 5.73 Å². The van der Waals surface area contributed by atoms with Crippen LogP contribution >= 0.6 is 11.3 Å². The Bertz CT molecular complexity index is 261. The Labute approximate surface area is 80.4 Å². The van der Waals surface area contributed by atoms with Gasteiger partial charge in [-0.05, 0) is 13.0 Å². The molecule has 0 radical (unpaired) electrons. The fourth-order valence-corrected chi connectivity index (χ4v) is 1.29. The summed E-state index contributed by atoms with van der Waals surface area (Å²) in [4.78, 5) is 11.4. The Morgan fingerprint density at radius 2 is 2.62 bits per heavy atom. The number of aromatic nitrogens is 2. The summed E-state index contributed by atoms with van der Waals surface area (Å²) in [6, 6.07) is 0. The van der Waals surface area contributed by atoms with Gasteiger partial charge in [0.15, 0.2) is 0 Å². The smallest absolute Gasteiger partial charge is 0.229 e. The molecule has 0 aliphatic heterocycles. The highest BCUT2D eigenvalue weighted by Crippen LogP contribution is 2.10. The zero-order valence-electron chi connectivity index (χ0n) is 7.36. The predicted octanol–water partition coefficient (Wildman–Crippen LogP) is 0.461. The summed E-state index contributed by atoms with van der Waals surface area (Å²) in [6.45, 7) is 2.36. The number of hydrogen-bond acceptors (Lipinski definition) is 5. The minimum atomic E-state index is -0.0751. The Balaban J connectivity index is 2.41. The third kappa shape index (κ3) is 3.08. The molecule has 0 bridgehead atoms. The highest BCUT2D eigenvalue weighted by Gasteiger charge is 2.12. The van der Waals surface area contributed by atoms with Crippen LogP contribution in [0, 0.1) is 5.92 Å². The summed E-state index contributed by atoms with van der Waals surface area (Å²) >= 11 is 1.30. The van der Waals surface area contributed by atoms with Crippen LogP contribution in [0.5, 0.6) is 0 Å². The van der Waals surface area contributed by atoms with Gasteiger partial charge in [-0.3, -0.25) is 4.79 Å². The van der Waals surface area contributed by atoms with Gasteiger partial charge in [0.05, 0.1) is 0 Å². The maximum absolute atomic E-state index is 11.4. The highest BCUT2D eigenvalue weighted by atomic mass is 32.1. The van der Waals surface area contributed by atoms with E-state index in [9.17, 15) is 4.79 Å². The normalized spacial score (nSPS) is 12.5. The van der Waals surface area contributed by atoms with Gasteiger partial charge in [0.1, 0.15) is 5.51 Å². The van der Waals surface area contributed by atoms with E-state index in [2.05, 4.69) is 15.5 Å². The van der Waals surface area contributed by atoms with E-state index in [1.54, 1.807) is 5.51 Å². The van der Waals surface area contributed by atoms with Crippen molar-refractivity contribution in [3.8, 4) is 0 Å². The van der Waals surface area contributed by atoms with Gasteiger partial charge < -0.3 is 11.1 Å². The largest absolute Gasteiger partial charge is 0.330 e. The van der Waals surface area contributed by atoms with Gasteiger partial charge in [-0.25, -0.2) is 0 Å². The molecule has 5 nitrogen and oxygen atoms in total. The molecule has 13 heavy (non-hydrogen) atoms. The number of amides is 1. The van der Waals surface area contributed by atoms with Crippen molar-refractivity contribution in [2.75, 3.05) is 11.9 Å². The van der Waals surface area contributed by atoms with E-state index in [0.717, 1.165) is 0 Å². The van der Waals surface area contributed by atoms with Gasteiger partial charge >= 0.3 is 0 Å². The molecule has 0 aliphatic rings. The van der Waals surface area contributed by atoms with Gasteiger partial charge in [0, 0.05) is 5.92 Å². The number of carbonyl (C=O) groups excluding carboxylic acids is 1. The number of carbonyl (C=O) groups is 1. The van der Waals surface area contributed by atoms with E-state index in [0.29, 0.717) is 18.1 Å². The quantitative estimate of drug-likeness (QED) is 0.740. The zero-order chi connectivity index (χ0) is 9.68. The van der Waals surface area contributed by atoms with Crippen molar-refractivity contribution in [3.05, 3.63) is 5.51 Å². The van der Waals surface area contributed by atoms with Gasteiger partial charge in [-0.15, -0.1) is 10.2 Å². The van der Waals surface area contributed by atoms with Crippen LogP contribution in [0.1, 0.15) is 13.3 Å². The van der Waals surface area contributed by atoms with Crippen LogP contribution in [0.3, 0.4) is 0 Å². The molecule has 1 unspecified atom stereocenters. The van der Waals surface area contributed by atoms with Crippen molar-refractivity contribution >= 4 is 22.4 Å². The molecule has 1 aromatic heterocycles. The molecular formula is C7H12N4OS. The second kappa shape index (κ2) is 4.88. The molecule has 6 heteroatoms.